The average molecular weight is 536 g/mol. The Morgan fingerprint density at radius 1 is 1.18 bits per heavy atom. The van der Waals surface area contributed by atoms with E-state index in [2.05, 4.69) is 11.5 Å². The summed E-state index contributed by atoms with van der Waals surface area (Å²) in [5.41, 5.74) is -1.83. The Balaban J connectivity index is 1.65. The van der Waals surface area contributed by atoms with Crippen LogP contribution in [-0.2, 0) is 28.6 Å². The van der Waals surface area contributed by atoms with Crippen LogP contribution in [0.1, 0.15) is 52.4 Å². The predicted octanol–water partition coefficient (Wildman–Crippen LogP) is 1.21. The molecule has 2 unspecified atom stereocenters. The maximum Gasteiger partial charge on any atom is 0.312 e. The highest BCUT2D eigenvalue weighted by atomic mass is 16.6. The van der Waals surface area contributed by atoms with Crippen molar-refractivity contribution in [3.05, 3.63) is 12.7 Å². The van der Waals surface area contributed by atoms with Gasteiger partial charge < -0.3 is 29.1 Å². The summed E-state index contributed by atoms with van der Waals surface area (Å²) in [5.74, 6) is -2.18. The third-order valence-corrected chi connectivity index (χ3v) is 8.96. The molecule has 2 bridgehead atoms. The number of ether oxygens (including phenoxy) is 3. The maximum atomic E-state index is 14.4. The van der Waals surface area contributed by atoms with Gasteiger partial charge in [-0.15, -0.1) is 6.58 Å². The smallest absolute Gasteiger partial charge is 0.312 e. The second-order valence-corrected chi connectivity index (χ2v) is 10.9. The number of morpholine rings is 1. The zero-order valence-electron chi connectivity index (χ0n) is 23.1. The SMILES string of the molecule is C=CCN(CCN1CCOCC1)C(=O)C1N(CCCCCO)C(=O)[C@@H]2[C@H](C(=O)OCC)[C@]3(CC)CCC12O3. The average Bonchev–Trinajstić information content (AvgIpc) is 3.53. The van der Waals surface area contributed by atoms with Gasteiger partial charge in [0, 0.05) is 45.9 Å². The number of aliphatic hydroxyl groups excluding tert-OH is 1. The number of unbranched alkanes of at least 4 members (excludes halogenated alkanes) is 2. The van der Waals surface area contributed by atoms with Crippen molar-refractivity contribution in [1.29, 1.82) is 0 Å². The molecule has 10 nitrogen and oxygen atoms in total. The first-order valence-electron chi connectivity index (χ1n) is 14.4. The van der Waals surface area contributed by atoms with Gasteiger partial charge in [0.1, 0.15) is 17.6 Å². The molecule has 4 rings (SSSR count). The summed E-state index contributed by atoms with van der Waals surface area (Å²) in [7, 11) is 0. The van der Waals surface area contributed by atoms with Crippen molar-refractivity contribution in [1.82, 2.24) is 14.7 Å². The maximum absolute atomic E-state index is 14.4. The minimum atomic E-state index is -1.04. The molecule has 38 heavy (non-hydrogen) atoms. The second-order valence-electron chi connectivity index (χ2n) is 10.9. The fourth-order valence-corrected chi connectivity index (χ4v) is 7.11. The van der Waals surface area contributed by atoms with Crippen LogP contribution >= 0.6 is 0 Å². The Labute approximate surface area is 226 Å². The van der Waals surface area contributed by atoms with Gasteiger partial charge in [-0.3, -0.25) is 19.3 Å². The van der Waals surface area contributed by atoms with Gasteiger partial charge in [-0.2, -0.15) is 0 Å². The summed E-state index contributed by atoms with van der Waals surface area (Å²) >= 11 is 0. The molecule has 214 valence electrons. The second kappa shape index (κ2) is 12.4. The van der Waals surface area contributed by atoms with E-state index in [4.69, 9.17) is 14.2 Å². The van der Waals surface area contributed by atoms with E-state index in [1.807, 2.05) is 6.92 Å². The highest BCUT2D eigenvalue weighted by Gasteiger charge is 2.79. The molecular formula is C28H45N3O7. The van der Waals surface area contributed by atoms with Gasteiger partial charge in [0.05, 0.1) is 31.3 Å². The number of hydrogen-bond donors (Lipinski definition) is 1. The molecular weight excluding hydrogens is 490 g/mol. The van der Waals surface area contributed by atoms with E-state index in [0.717, 1.165) is 19.5 Å². The van der Waals surface area contributed by atoms with E-state index in [1.54, 1.807) is 22.8 Å². The van der Waals surface area contributed by atoms with Crippen LogP contribution in [0.2, 0.25) is 0 Å². The van der Waals surface area contributed by atoms with E-state index in [9.17, 15) is 19.5 Å². The van der Waals surface area contributed by atoms with Crippen LogP contribution in [-0.4, -0.2) is 121 Å². The monoisotopic (exact) mass is 535 g/mol. The van der Waals surface area contributed by atoms with Gasteiger partial charge >= 0.3 is 5.97 Å². The molecule has 0 aromatic rings. The fourth-order valence-electron chi connectivity index (χ4n) is 7.11. The standard InChI is InChI=1S/C28H45N3O7/c1-4-12-30(15-14-29-16-19-36-20-17-29)25(34)23-28-11-10-27(5-2,38-28)22(26(35)37-6-3)21(28)24(33)31(23)13-8-7-9-18-32/h4,21-23,32H,1,5-20H2,2-3H3/t21-,22+,23?,27-,28?/m0/s1. The van der Waals surface area contributed by atoms with Crippen molar-refractivity contribution >= 4 is 17.8 Å². The number of esters is 1. The van der Waals surface area contributed by atoms with Crippen LogP contribution in [0.4, 0.5) is 0 Å². The van der Waals surface area contributed by atoms with Crippen LogP contribution < -0.4 is 0 Å². The number of fused-ring (bicyclic) bond motifs is 1. The summed E-state index contributed by atoms with van der Waals surface area (Å²) in [6.45, 7) is 12.9. The van der Waals surface area contributed by atoms with E-state index >= 15 is 0 Å². The predicted molar refractivity (Wildman–Crippen MR) is 140 cm³/mol. The van der Waals surface area contributed by atoms with Crippen molar-refractivity contribution in [2.45, 2.75) is 69.6 Å². The molecule has 0 aromatic carbocycles. The lowest BCUT2D eigenvalue weighted by molar-refractivity contribution is -0.161. The van der Waals surface area contributed by atoms with Crippen molar-refractivity contribution in [2.75, 3.05) is 65.7 Å². The van der Waals surface area contributed by atoms with Gasteiger partial charge in [-0.1, -0.05) is 13.0 Å². The zero-order valence-corrected chi connectivity index (χ0v) is 23.1. The number of rotatable bonds is 14. The normalized spacial score (nSPS) is 32.4. The number of carbonyl (C=O) groups excluding carboxylic acids is 3. The lowest BCUT2D eigenvalue weighted by Gasteiger charge is -2.37. The minimum Gasteiger partial charge on any atom is -0.466 e. The topological polar surface area (TPSA) is 109 Å². The number of hydrogen-bond acceptors (Lipinski definition) is 8. The largest absolute Gasteiger partial charge is 0.466 e. The number of nitrogens with zero attached hydrogens (tertiary/aromatic N) is 3. The van der Waals surface area contributed by atoms with E-state index in [-0.39, 0.29) is 25.0 Å². The first kappa shape index (κ1) is 29.0. The number of likely N-dealkylation sites (tertiary alicyclic amines) is 1. The Morgan fingerprint density at radius 2 is 1.95 bits per heavy atom. The highest BCUT2D eigenvalue weighted by molar-refractivity contribution is 5.98. The number of carbonyl (C=O) groups is 3. The van der Waals surface area contributed by atoms with Gasteiger partial charge in [-0.25, -0.2) is 0 Å². The Morgan fingerprint density at radius 3 is 2.61 bits per heavy atom. The molecule has 4 aliphatic heterocycles. The van der Waals surface area contributed by atoms with E-state index in [1.165, 1.54) is 0 Å². The molecule has 4 heterocycles. The highest BCUT2D eigenvalue weighted by Crippen LogP contribution is 2.64. The lowest BCUT2D eigenvalue weighted by Crippen LogP contribution is -2.57. The van der Waals surface area contributed by atoms with Crippen molar-refractivity contribution in [3.63, 3.8) is 0 Å². The van der Waals surface area contributed by atoms with Crippen LogP contribution in [0.15, 0.2) is 12.7 Å². The van der Waals surface area contributed by atoms with Crippen LogP contribution in [0.25, 0.3) is 0 Å². The molecule has 1 N–H and O–H groups in total. The molecule has 10 heteroatoms. The third-order valence-electron chi connectivity index (χ3n) is 8.96. The van der Waals surface area contributed by atoms with E-state index < -0.39 is 35.0 Å². The van der Waals surface area contributed by atoms with Crippen LogP contribution in [0, 0.1) is 11.8 Å². The van der Waals surface area contributed by atoms with Gasteiger partial charge in [0.25, 0.3) is 0 Å². The summed E-state index contributed by atoms with van der Waals surface area (Å²) in [6, 6.07) is -0.799. The third kappa shape index (κ3) is 5.12. The molecule has 0 aliphatic carbocycles. The van der Waals surface area contributed by atoms with Gasteiger partial charge in [0.15, 0.2) is 0 Å². The fraction of sp³-hybridized carbons (Fsp3) is 0.821. The Kier molecular flexibility index (Phi) is 9.49. The Hall–Kier alpha value is -2.01. The Bertz CT molecular complexity index is 879. The lowest BCUT2D eigenvalue weighted by atomic mass is 9.65. The zero-order chi connectivity index (χ0) is 27.3. The first-order chi connectivity index (χ1) is 18.4. The molecule has 4 saturated heterocycles. The molecule has 0 aromatic heterocycles. The molecule has 0 radical (unpaired) electrons. The van der Waals surface area contributed by atoms with Crippen molar-refractivity contribution in [3.8, 4) is 0 Å². The van der Waals surface area contributed by atoms with Crippen molar-refractivity contribution < 1.29 is 33.7 Å². The molecule has 5 atom stereocenters. The molecule has 0 saturated carbocycles. The van der Waals surface area contributed by atoms with E-state index in [0.29, 0.717) is 71.5 Å². The minimum absolute atomic E-state index is 0.0879. The first-order valence-corrected chi connectivity index (χ1v) is 14.4. The van der Waals surface area contributed by atoms with Crippen molar-refractivity contribution in [2.24, 2.45) is 11.8 Å². The van der Waals surface area contributed by atoms with Gasteiger partial charge in [-0.05, 0) is 45.4 Å². The van der Waals surface area contributed by atoms with Crippen LogP contribution in [0.3, 0.4) is 0 Å². The molecule has 2 amide bonds. The summed E-state index contributed by atoms with van der Waals surface area (Å²) < 4.78 is 17.7. The summed E-state index contributed by atoms with van der Waals surface area (Å²) in [6.07, 6.45) is 5.52. The van der Waals surface area contributed by atoms with Crippen LogP contribution in [0.5, 0.6) is 0 Å². The number of aliphatic hydroxyl groups is 1. The summed E-state index contributed by atoms with van der Waals surface area (Å²) in [5, 5.41) is 9.23. The summed E-state index contributed by atoms with van der Waals surface area (Å²) in [4.78, 5) is 47.5. The molecule has 4 aliphatic rings. The quantitative estimate of drug-likeness (QED) is 0.201. The van der Waals surface area contributed by atoms with Gasteiger partial charge in [0.2, 0.25) is 11.8 Å². The molecule has 4 fully saturated rings. The number of amides is 2. The molecule has 1 spiro atoms.